The lowest BCUT2D eigenvalue weighted by Gasteiger charge is -2.08. The van der Waals surface area contributed by atoms with Crippen LogP contribution >= 0.6 is 15.9 Å². The average molecular weight is 426 g/mol. The number of sulfone groups is 1. The van der Waals surface area contributed by atoms with E-state index in [0.29, 0.717) is 9.92 Å². The number of aromatic nitrogens is 1. The molecule has 0 radical (unpaired) electrons. The van der Waals surface area contributed by atoms with Gasteiger partial charge in [0.05, 0.1) is 9.50 Å². The van der Waals surface area contributed by atoms with Crippen molar-refractivity contribution in [3.8, 4) is 0 Å². The van der Waals surface area contributed by atoms with E-state index < -0.39 is 9.84 Å². The van der Waals surface area contributed by atoms with Gasteiger partial charge in [0.25, 0.3) is 0 Å². The van der Waals surface area contributed by atoms with Crippen LogP contribution in [0, 0.1) is 13.8 Å². The number of nitrogens with one attached hydrogen (secondary N) is 1. The average Bonchev–Trinajstić information content (AvgIpc) is 2.87. The molecule has 0 atom stereocenters. The summed E-state index contributed by atoms with van der Waals surface area (Å²) in [6.07, 6.45) is 7.96. The maximum absolute atomic E-state index is 13.1. The maximum Gasteiger partial charge on any atom is 0.222 e. The van der Waals surface area contributed by atoms with Gasteiger partial charge in [-0.25, -0.2) is 8.42 Å². The van der Waals surface area contributed by atoms with Crippen LogP contribution in [0.1, 0.15) is 62.1 Å². The Balaban J connectivity index is 2.20. The van der Waals surface area contributed by atoms with Gasteiger partial charge in [-0.1, -0.05) is 56.7 Å². The van der Waals surface area contributed by atoms with Gasteiger partial charge < -0.3 is 4.98 Å². The highest BCUT2D eigenvalue weighted by molar-refractivity contribution is 9.10. The lowest BCUT2D eigenvalue weighted by Crippen LogP contribution is -2.06. The first-order valence-corrected chi connectivity index (χ1v) is 11.3. The predicted molar refractivity (Wildman–Crippen MR) is 107 cm³/mol. The Morgan fingerprint density at radius 1 is 0.960 bits per heavy atom. The van der Waals surface area contributed by atoms with Crippen LogP contribution in [0.3, 0.4) is 0 Å². The lowest BCUT2D eigenvalue weighted by atomic mass is 10.0. The molecule has 2 rings (SSSR count). The van der Waals surface area contributed by atoms with E-state index in [-0.39, 0.29) is 0 Å². The summed E-state index contributed by atoms with van der Waals surface area (Å²) in [5.41, 5.74) is 2.97. The molecule has 1 aromatic heterocycles. The first kappa shape index (κ1) is 20.2. The van der Waals surface area contributed by atoms with Crippen LogP contribution in [0.5, 0.6) is 0 Å². The Morgan fingerprint density at radius 2 is 1.56 bits per heavy atom. The van der Waals surface area contributed by atoms with Crippen LogP contribution in [-0.2, 0) is 16.3 Å². The number of unbranched alkanes of at least 4 members (excludes halogenated alkanes) is 5. The fraction of sp³-hybridized carbons (Fsp3) is 0.500. The minimum Gasteiger partial charge on any atom is -0.340 e. The molecular weight excluding hydrogens is 398 g/mol. The summed E-state index contributed by atoms with van der Waals surface area (Å²) in [4.78, 5) is 3.40. The van der Waals surface area contributed by atoms with Crippen molar-refractivity contribution >= 4 is 25.8 Å². The van der Waals surface area contributed by atoms with E-state index in [1.807, 2.05) is 26.0 Å². The van der Waals surface area contributed by atoms with Crippen LogP contribution in [0.2, 0.25) is 0 Å². The topological polar surface area (TPSA) is 49.9 Å². The largest absolute Gasteiger partial charge is 0.340 e. The maximum atomic E-state index is 13.1. The van der Waals surface area contributed by atoms with Gasteiger partial charge in [-0.15, -0.1) is 0 Å². The minimum atomic E-state index is -3.52. The molecule has 25 heavy (non-hydrogen) atoms. The fourth-order valence-electron chi connectivity index (χ4n) is 3.02. The summed E-state index contributed by atoms with van der Waals surface area (Å²) in [7, 11) is -3.52. The van der Waals surface area contributed by atoms with Gasteiger partial charge in [0.1, 0.15) is 5.03 Å². The van der Waals surface area contributed by atoms with Gasteiger partial charge in [0.15, 0.2) is 0 Å². The molecular formula is C20H28BrNO2S. The van der Waals surface area contributed by atoms with Crippen molar-refractivity contribution in [2.75, 3.05) is 0 Å². The van der Waals surface area contributed by atoms with Gasteiger partial charge in [0, 0.05) is 0 Å². The first-order chi connectivity index (χ1) is 11.9. The summed E-state index contributed by atoms with van der Waals surface area (Å²) in [5.74, 6) is 0. The van der Waals surface area contributed by atoms with Crippen molar-refractivity contribution < 1.29 is 8.42 Å². The van der Waals surface area contributed by atoms with Gasteiger partial charge in [-0.3, -0.25) is 0 Å². The molecule has 0 aliphatic rings. The summed E-state index contributed by atoms with van der Waals surface area (Å²) in [6, 6.07) is 7.04. The van der Waals surface area contributed by atoms with Crippen molar-refractivity contribution in [3.05, 3.63) is 45.6 Å². The Morgan fingerprint density at radius 3 is 2.20 bits per heavy atom. The number of hydrogen-bond donors (Lipinski definition) is 1. The zero-order chi connectivity index (χ0) is 18.4. The molecule has 5 heteroatoms. The quantitative estimate of drug-likeness (QED) is 0.491. The predicted octanol–water partition coefficient (Wildman–Crippen LogP) is 6.13. The molecule has 0 aliphatic heterocycles. The van der Waals surface area contributed by atoms with Crippen molar-refractivity contribution in [1.82, 2.24) is 4.98 Å². The number of benzene rings is 1. The highest BCUT2D eigenvalue weighted by atomic mass is 79.9. The summed E-state index contributed by atoms with van der Waals surface area (Å²) >= 11 is 3.47. The van der Waals surface area contributed by atoms with Gasteiger partial charge in [-0.2, -0.15) is 0 Å². The fourth-order valence-corrected chi connectivity index (χ4v) is 5.13. The number of H-pyrrole nitrogens is 1. The zero-order valence-corrected chi connectivity index (χ0v) is 17.8. The molecule has 138 valence electrons. The van der Waals surface area contributed by atoms with E-state index in [1.165, 1.54) is 25.7 Å². The molecule has 0 aliphatic carbocycles. The molecule has 0 spiro atoms. The van der Waals surface area contributed by atoms with Gasteiger partial charge >= 0.3 is 0 Å². The van der Waals surface area contributed by atoms with Crippen molar-refractivity contribution in [3.63, 3.8) is 0 Å². The van der Waals surface area contributed by atoms with Crippen LogP contribution in [-0.4, -0.2) is 13.4 Å². The standard InChI is InChI=1S/C20H28BrNO2S/c1-4-5-6-7-8-9-10-18-16(3)19(21)22-20(18)25(23,24)17-13-11-15(2)12-14-17/h11-14,22H,4-10H2,1-3H3. The van der Waals surface area contributed by atoms with E-state index in [9.17, 15) is 8.42 Å². The molecule has 0 bridgehead atoms. The molecule has 2 aromatic rings. The van der Waals surface area contributed by atoms with Crippen molar-refractivity contribution in [2.24, 2.45) is 0 Å². The first-order valence-electron chi connectivity index (χ1n) is 9.06. The Kier molecular flexibility index (Phi) is 7.32. The minimum absolute atomic E-state index is 0.342. The molecule has 0 amide bonds. The number of aryl methyl sites for hydroxylation is 1. The van der Waals surface area contributed by atoms with Gasteiger partial charge in [0.2, 0.25) is 9.84 Å². The summed E-state index contributed by atoms with van der Waals surface area (Å²) < 4.78 is 26.9. The molecule has 0 saturated heterocycles. The van der Waals surface area contributed by atoms with Crippen LogP contribution in [0.25, 0.3) is 0 Å². The van der Waals surface area contributed by atoms with E-state index in [2.05, 4.69) is 27.8 Å². The van der Waals surface area contributed by atoms with Crippen LogP contribution < -0.4 is 0 Å². The summed E-state index contributed by atoms with van der Waals surface area (Å²) in [6.45, 7) is 6.14. The highest BCUT2D eigenvalue weighted by Crippen LogP contribution is 2.31. The Labute approximate surface area is 160 Å². The normalized spacial score (nSPS) is 11.8. The Bertz CT molecular complexity index is 792. The third-order valence-corrected chi connectivity index (χ3v) is 7.23. The van der Waals surface area contributed by atoms with E-state index in [1.54, 1.807) is 12.1 Å². The molecule has 3 nitrogen and oxygen atoms in total. The lowest BCUT2D eigenvalue weighted by molar-refractivity contribution is 0.587. The molecule has 1 heterocycles. The molecule has 0 unspecified atom stereocenters. The SMILES string of the molecule is CCCCCCCCc1c(S(=O)(=O)c2ccc(C)cc2)[nH]c(Br)c1C. The number of aromatic amines is 1. The highest BCUT2D eigenvalue weighted by Gasteiger charge is 2.25. The van der Waals surface area contributed by atoms with E-state index in [0.717, 1.165) is 40.6 Å². The number of rotatable bonds is 9. The van der Waals surface area contributed by atoms with Crippen molar-refractivity contribution in [2.45, 2.75) is 75.6 Å². The molecule has 1 N–H and O–H groups in total. The van der Waals surface area contributed by atoms with Gasteiger partial charge in [-0.05, 0) is 65.9 Å². The van der Waals surface area contributed by atoms with Crippen molar-refractivity contribution in [1.29, 1.82) is 0 Å². The number of halogens is 1. The summed E-state index contributed by atoms with van der Waals surface area (Å²) in [5, 5.41) is 0.342. The Hall–Kier alpha value is -1.07. The van der Waals surface area contributed by atoms with E-state index >= 15 is 0 Å². The third kappa shape index (κ3) is 4.98. The van der Waals surface area contributed by atoms with E-state index in [4.69, 9.17) is 0 Å². The monoisotopic (exact) mass is 425 g/mol. The molecule has 0 fully saturated rings. The second kappa shape index (κ2) is 9.04. The second-order valence-corrected chi connectivity index (χ2v) is 9.39. The molecule has 1 aromatic carbocycles. The second-order valence-electron chi connectivity index (χ2n) is 6.71. The third-order valence-electron chi connectivity index (χ3n) is 4.66. The van der Waals surface area contributed by atoms with Crippen LogP contribution in [0.15, 0.2) is 38.8 Å². The van der Waals surface area contributed by atoms with Crippen LogP contribution in [0.4, 0.5) is 0 Å². The number of hydrogen-bond acceptors (Lipinski definition) is 2. The smallest absolute Gasteiger partial charge is 0.222 e. The zero-order valence-electron chi connectivity index (χ0n) is 15.4. The molecule has 0 saturated carbocycles.